The maximum atomic E-state index is 12.1. The van der Waals surface area contributed by atoms with Gasteiger partial charge in [0.05, 0.1) is 4.90 Å². The number of primary amides is 2. The van der Waals surface area contributed by atoms with Crippen LogP contribution in [-0.4, -0.2) is 68.7 Å². The van der Waals surface area contributed by atoms with Gasteiger partial charge in [-0.15, -0.1) is 11.8 Å². The summed E-state index contributed by atoms with van der Waals surface area (Å²) in [7, 11) is 0. The third kappa shape index (κ3) is 10.0. The highest BCUT2D eigenvalue weighted by Crippen LogP contribution is 2.35. The van der Waals surface area contributed by atoms with E-state index in [2.05, 4.69) is 16.0 Å². The van der Waals surface area contributed by atoms with Gasteiger partial charge in [0.1, 0.15) is 12.1 Å². The molecule has 0 spiro atoms. The molecule has 190 valence electrons. The average molecular weight is 501 g/mol. The number of thioether (sulfide) groups is 1. The molecule has 0 aliphatic rings. The lowest BCUT2D eigenvalue weighted by molar-refractivity contribution is -0.126. The van der Waals surface area contributed by atoms with Crippen LogP contribution in [0, 0.1) is 0 Å². The number of amides is 5. The van der Waals surface area contributed by atoms with E-state index in [1.807, 2.05) is 0 Å². The minimum absolute atomic E-state index is 0.00127. The number of unbranched alkanes of at least 4 members (excludes halogenated alkanes) is 1. The number of aromatic nitrogens is 1. The zero-order chi connectivity index (χ0) is 25.8. The minimum Gasteiger partial charge on any atom is -0.494 e. The van der Waals surface area contributed by atoms with Crippen molar-refractivity contribution in [3.63, 3.8) is 0 Å². The molecule has 0 saturated carbocycles. The molecule has 0 aliphatic carbocycles. The van der Waals surface area contributed by atoms with E-state index in [1.54, 1.807) is 0 Å². The van der Waals surface area contributed by atoms with Crippen LogP contribution in [-0.2, 0) is 30.5 Å². The molecule has 34 heavy (non-hydrogen) atoms. The van der Waals surface area contributed by atoms with Gasteiger partial charge >= 0.3 is 0 Å². The third-order valence-electron chi connectivity index (χ3n) is 4.66. The van der Waals surface area contributed by atoms with Gasteiger partial charge in [0.2, 0.25) is 35.4 Å². The zero-order valence-corrected chi connectivity index (χ0v) is 19.9. The van der Waals surface area contributed by atoms with Crippen LogP contribution in [0.1, 0.15) is 39.5 Å². The minimum atomic E-state index is -0.949. The molecule has 14 heteroatoms. The predicted octanol–water partition coefficient (Wildman–Crippen LogP) is -1.35. The van der Waals surface area contributed by atoms with Crippen molar-refractivity contribution in [2.24, 2.45) is 11.5 Å². The van der Waals surface area contributed by atoms with Crippen LogP contribution in [0.3, 0.4) is 0 Å². The summed E-state index contributed by atoms with van der Waals surface area (Å²) in [6.07, 6.45) is 1.45. The van der Waals surface area contributed by atoms with Crippen molar-refractivity contribution < 1.29 is 34.2 Å². The van der Waals surface area contributed by atoms with Gasteiger partial charge in [-0.05, 0) is 19.3 Å². The number of rotatable bonds is 15. The van der Waals surface area contributed by atoms with E-state index in [4.69, 9.17) is 11.5 Å². The van der Waals surface area contributed by atoms with Crippen molar-refractivity contribution in [1.82, 2.24) is 20.5 Å². The zero-order valence-electron chi connectivity index (χ0n) is 19.1. The number of hydrogen-bond acceptors (Lipinski definition) is 8. The Balaban J connectivity index is 2.47. The molecule has 5 amide bonds. The highest BCUT2D eigenvalue weighted by Gasteiger charge is 2.21. The smallest absolute Gasteiger partial charge is 0.240 e. The molecule has 0 radical (unpaired) electrons. The van der Waals surface area contributed by atoms with Crippen molar-refractivity contribution in [2.45, 2.75) is 63.1 Å². The Morgan fingerprint density at radius 1 is 1.00 bits per heavy atom. The van der Waals surface area contributed by atoms with Gasteiger partial charge in [-0.2, -0.15) is 0 Å². The summed E-state index contributed by atoms with van der Waals surface area (Å²) >= 11 is 1.02. The average Bonchev–Trinajstić information content (AvgIpc) is 3.00. The molecule has 1 aromatic heterocycles. The van der Waals surface area contributed by atoms with Gasteiger partial charge in [0, 0.05) is 45.2 Å². The quantitative estimate of drug-likeness (QED) is 0.112. The molecular weight excluding hydrogens is 468 g/mol. The fourth-order valence-corrected chi connectivity index (χ4v) is 4.00. The Hall–Kier alpha value is -3.42. The number of hydrogen-bond donors (Lipinski definition) is 7. The molecule has 9 N–H and O–H groups in total. The van der Waals surface area contributed by atoms with Gasteiger partial charge < -0.3 is 37.6 Å². The highest BCUT2D eigenvalue weighted by atomic mass is 32.2. The Labute approximate surface area is 201 Å². The largest absolute Gasteiger partial charge is 0.494 e. The third-order valence-corrected chi connectivity index (χ3v) is 5.78. The monoisotopic (exact) mass is 500 g/mol. The lowest BCUT2D eigenvalue weighted by atomic mass is 10.1. The second-order valence-electron chi connectivity index (χ2n) is 7.56. The van der Waals surface area contributed by atoms with Crippen LogP contribution in [0.15, 0.2) is 11.0 Å². The molecule has 1 heterocycles. The topological polar surface area (TPSA) is 219 Å². The number of carbonyl (C=O) groups is 5. The summed E-state index contributed by atoms with van der Waals surface area (Å²) in [5.74, 6) is -2.95. The van der Waals surface area contributed by atoms with E-state index < -0.39 is 29.8 Å². The maximum absolute atomic E-state index is 12.1. The van der Waals surface area contributed by atoms with Crippen molar-refractivity contribution in [3.05, 3.63) is 6.07 Å². The second kappa shape index (κ2) is 14.0. The summed E-state index contributed by atoms with van der Waals surface area (Å²) in [6.45, 7) is 2.88. The first-order chi connectivity index (χ1) is 15.9. The maximum Gasteiger partial charge on any atom is 0.240 e. The first-order valence-electron chi connectivity index (χ1n) is 10.6. The van der Waals surface area contributed by atoms with E-state index in [9.17, 15) is 34.2 Å². The molecular formula is C20H32N6O7S. The SMILES string of the molecule is CC(=O)NC(CCCCNC(=O)CCn1c(O)cc(SCC(NC(C)=O)C(N)=O)c1O)C(N)=O. The van der Waals surface area contributed by atoms with Crippen LogP contribution < -0.4 is 27.4 Å². The molecule has 2 unspecified atom stereocenters. The van der Waals surface area contributed by atoms with Crippen LogP contribution >= 0.6 is 11.8 Å². The lowest BCUT2D eigenvalue weighted by Gasteiger charge is -2.14. The Morgan fingerprint density at radius 2 is 1.59 bits per heavy atom. The van der Waals surface area contributed by atoms with E-state index >= 15 is 0 Å². The van der Waals surface area contributed by atoms with E-state index in [1.165, 1.54) is 19.9 Å². The molecule has 0 fully saturated rings. The lowest BCUT2D eigenvalue weighted by Crippen LogP contribution is -2.45. The van der Waals surface area contributed by atoms with Crippen molar-refractivity contribution in [3.8, 4) is 11.8 Å². The Morgan fingerprint density at radius 3 is 2.15 bits per heavy atom. The number of nitrogens with two attached hydrogens (primary N) is 2. The van der Waals surface area contributed by atoms with Crippen molar-refractivity contribution in [2.75, 3.05) is 12.3 Å². The fourth-order valence-electron chi connectivity index (χ4n) is 2.98. The van der Waals surface area contributed by atoms with Gasteiger partial charge in [-0.1, -0.05) is 0 Å². The summed E-state index contributed by atoms with van der Waals surface area (Å²) in [5, 5.41) is 28.0. The molecule has 13 nitrogen and oxygen atoms in total. The summed E-state index contributed by atoms with van der Waals surface area (Å²) in [4.78, 5) is 57.3. The first kappa shape index (κ1) is 28.6. The number of nitrogens with one attached hydrogen (secondary N) is 3. The molecule has 0 aromatic carbocycles. The first-order valence-corrected chi connectivity index (χ1v) is 11.5. The summed E-state index contributed by atoms with van der Waals surface area (Å²) in [5.41, 5.74) is 10.5. The molecule has 0 aliphatic heterocycles. The van der Waals surface area contributed by atoms with Crippen LogP contribution in [0.4, 0.5) is 0 Å². The van der Waals surface area contributed by atoms with E-state index in [0.29, 0.717) is 25.8 Å². The normalized spacial score (nSPS) is 12.4. The highest BCUT2D eigenvalue weighted by molar-refractivity contribution is 7.99. The number of aromatic hydroxyl groups is 2. The van der Waals surface area contributed by atoms with Crippen molar-refractivity contribution >= 4 is 41.3 Å². The molecule has 2 atom stereocenters. The van der Waals surface area contributed by atoms with Gasteiger partial charge in [0.15, 0.2) is 5.88 Å². The molecule has 1 aromatic rings. The Kier molecular flexibility index (Phi) is 11.8. The van der Waals surface area contributed by atoms with Gasteiger partial charge in [-0.25, -0.2) is 0 Å². The molecule has 0 bridgehead atoms. The van der Waals surface area contributed by atoms with E-state index in [0.717, 1.165) is 16.3 Å². The summed E-state index contributed by atoms with van der Waals surface area (Å²) < 4.78 is 1.14. The number of carbonyl (C=O) groups excluding carboxylic acids is 5. The summed E-state index contributed by atoms with van der Waals surface area (Å²) in [6, 6.07) is -0.417. The van der Waals surface area contributed by atoms with Gasteiger partial charge in [-0.3, -0.25) is 28.5 Å². The second-order valence-corrected chi connectivity index (χ2v) is 8.62. The molecule has 0 saturated heterocycles. The number of nitrogens with zero attached hydrogens (tertiary/aromatic N) is 1. The van der Waals surface area contributed by atoms with Crippen LogP contribution in [0.2, 0.25) is 0 Å². The Bertz CT molecular complexity index is 904. The molecule has 1 rings (SSSR count). The fraction of sp³-hybridized carbons (Fsp3) is 0.550. The van der Waals surface area contributed by atoms with Gasteiger partial charge in [0.25, 0.3) is 0 Å². The van der Waals surface area contributed by atoms with Crippen LogP contribution in [0.25, 0.3) is 0 Å². The van der Waals surface area contributed by atoms with Crippen LogP contribution in [0.5, 0.6) is 11.8 Å². The van der Waals surface area contributed by atoms with Crippen molar-refractivity contribution in [1.29, 1.82) is 0 Å². The standard InChI is InChI=1S/C20H32N6O7S/c1-11(27)24-13(18(21)31)5-3-4-7-23-16(29)6-8-26-17(30)9-15(20(26)33)34-10-14(19(22)32)25-12(2)28/h9,13-14,30,33H,3-8,10H2,1-2H3,(H2,21,31)(H2,22,32)(H,23,29)(H,24,27)(H,25,28). The van der Waals surface area contributed by atoms with E-state index in [-0.39, 0.29) is 47.2 Å². The predicted molar refractivity (Wildman–Crippen MR) is 124 cm³/mol.